The van der Waals surface area contributed by atoms with Gasteiger partial charge in [-0.1, -0.05) is 12.1 Å². The normalized spacial score (nSPS) is 28.5. The Morgan fingerprint density at radius 1 is 1.18 bits per heavy atom. The van der Waals surface area contributed by atoms with Gasteiger partial charge in [0.05, 0.1) is 0 Å². The van der Waals surface area contributed by atoms with Crippen LogP contribution in [0.15, 0.2) is 24.3 Å². The highest BCUT2D eigenvalue weighted by molar-refractivity contribution is 5.41. The van der Waals surface area contributed by atoms with Crippen molar-refractivity contribution >= 4 is 5.69 Å². The van der Waals surface area contributed by atoms with E-state index in [0.717, 1.165) is 12.1 Å². The van der Waals surface area contributed by atoms with Crippen molar-refractivity contribution in [3.05, 3.63) is 29.8 Å². The standard InChI is InChI=1S/C9H12N2/c10-7-3-1-6(2-4-7)8-5-9(8)11/h1-4,8-9H,5,10-11H2/t8-,9+/m0/s1. The van der Waals surface area contributed by atoms with Crippen LogP contribution in [0, 0.1) is 0 Å². The number of nitrogen functional groups attached to an aromatic ring is 1. The lowest BCUT2D eigenvalue weighted by Gasteiger charge is -1.97. The van der Waals surface area contributed by atoms with Gasteiger partial charge in [-0.3, -0.25) is 0 Å². The van der Waals surface area contributed by atoms with Crippen LogP contribution < -0.4 is 11.5 Å². The molecule has 0 radical (unpaired) electrons. The fourth-order valence-corrected chi connectivity index (χ4v) is 1.34. The van der Waals surface area contributed by atoms with Crippen LogP contribution in [0.25, 0.3) is 0 Å². The molecule has 1 aromatic carbocycles. The second kappa shape index (κ2) is 2.24. The van der Waals surface area contributed by atoms with E-state index in [0.29, 0.717) is 12.0 Å². The Hall–Kier alpha value is -1.02. The topological polar surface area (TPSA) is 52.0 Å². The summed E-state index contributed by atoms with van der Waals surface area (Å²) in [5.41, 5.74) is 13.4. The largest absolute Gasteiger partial charge is 0.399 e. The lowest BCUT2D eigenvalue weighted by molar-refractivity contribution is 0.991. The lowest BCUT2D eigenvalue weighted by atomic mass is 10.1. The van der Waals surface area contributed by atoms with Crippen LogP contribution in [0.2, 0.25) is 0 Å². The molecule has 1 aliphatic rings. The maximum absolute atomic E-state index is 5.71. The second-order valence-corrected chi connectivity index (χ2v) is 3.17. The van der Waals surface area contributed by atoms with Crippen LogP contribution in [-0.4, -0.2) is 6.04 Å². The molecule has 1 aliphatic carbocycles. The minimum absolute atomic E-state index is 0.388. The predicted octanol–water partition coefficient (Wildman–Crippen LogP) is 1.08. The summed E-state index contributed by atoms with van der Waals surface area (Å²) in [6.07, 6.45) is 1.13. The molecule has 2 nitrogen and oxygen atoms in total. The predicted molar refractivity (Wildman–Crippen MR) is 46.2 cm³/mol. The Morgan fingerprint density at radius 3 is 2.18 bits per heavy atom. The van der Waals surface area contributed by atoms with E-state index < -0.39 is 0 Å². The number of anilines is 1. The number of nitrogens with two attached hydrogens (primary N) is 2. The Morgan fingerprint density at radius 2 is 1.73 bits per heavy atom. The number of rotatable bonds is 1. The summed E-state index contributed by atoms with van der Waals surface area (Å²) in [5.74, 6) is 0.593. The van der Waals surface area contributed by atoms with Crippen LogP contribution in [0.1, 0.15) is 17.9 Å². The molecule has 0 bridgehead atoms. The summed E-state index contributed by atoms with van der Waals surface area (Å²) in [6, 6.07) is 8.37. The average molecular weight is 148 g/mol. The van der Waals surface area contributed by atoms with Crippen LogP contribution in [0.3, 0.4) is 0 Å². The van der Waals surface area contributed by atoms with E-state index in [4.69, 9.17) is 11.5 Å². The van der Waals surface area contributed by atoms with E-state index in [1.807, 2.05) is 12.1 Å². The molecule has 0 aliphatic heterocycles. The maximum Gasteiger partial charge on any atom is 0.0314 e. The van der Waals surface area contributed by atoms with E-state index >= 15 is 0 Å². The lowest BCUT2D eigenvalue weighted by Crippen LogP contribution is -2.00. The summed E-state index contributed by atoms with van der Waals surface area (Å²) in [6.45, 7) is 0. The van der Waals surface area contributed by atoms with Crippen molar-refractivity contribution in [1.29, 1.82) is 0 Å². The molecule has 1 saturated carbocycles. The number of hydrogen-bond donors (Lipinski definition) is 2. The van der Waals surface area contributed by atoms with Gasteiger partial charge in [-0.25, -0.2) is 0 Å². The molecule has 0 amide bonds. The van der Waals surface area contributed by atoms with Crippen molar-refractivity contribution in [1.82, 2.24) is 0 Å². The Labute approximate surface area is 66.2 Å². The minimum atomic E-state index is 0.388. The van der Waals surface area contributed by atoms with Gasteiger partial charge in [0.15, 0.2) is 0 Å². The zero-order chi connectivity index (χ0) is 7.84. The Kier molecular flexibility index (Phi) is 1.36. The third-order valence-electron chi connectivity index (χ3n) is 2.20. The first-order chi connectivity index (χ1) is 5.27. The van der Waals surface area contributed by atoms with Crippen molar-refractivity contribution < 1.29 is 0 Å². The van der Waals surface area contributed by atoms with Gasteiger partial charge in [0.25, 0.3) is 0 Å². The monoisotopic (exact) mass is 148 g/mol. The first-order valence-corrected chi connectivity index (χ1v) is 3.88. The van der Waals surface area contributed by atoms with Gasteiger partial charge < -0.3 is 11.5 Å². The molecule has 58 valence electrons. The van der Waals surface area contributed by atoms with Crippen LogP contribution >= 0.6 is 0 Å². The highest BCUT2D eigenvalue weighted by Gasteiger charge is 2.34. The fourth-order valence-electron chi connectivity index (χ4n) is 1.34. The summed E-state index contributed by atoms with van der Waals surface area (Å²) in [5, 5.41) is 0. The third kappa shape index (κ3) is 1.21. The molecule has 0 unspecified atom stereocenters. The van der Waals surface area contributed by atoms with Gasteiger partial charge >= 0.3 is 0 Å². The van der Waals surface area contributed by atoms with Gasteiger partial charge in [-0.05, 0) is 24.1 Å². The minimum Gasteiger partial charge on any atom is -0.399 e. The Bertz CT molecular complexity index is 253. The molecule has 1 fully saturated rings. The fraction of sp³-hybridized carbons (Fsp3) is 0.333. The highest BCUT2D eigenvalue weighted by Crippen LogP contribution is 2.38. The SMILES string of the molecule is Nc1ccc([C@@H]2C[C@H]2N)cc1. The molecular formula is C9H12N2. The van der Waals surface area contributed by atoms with Gasteiger partial charge in [-0.15, -0.1) is 0 Å². The molecule has 4 N–H and O–H groups in total. The first kappa shape index (κ1) is 6.68. The van der Waals surface area contributed by atoms with Crippen molar-refractivity contribution in [3.8, 4) is 0 Å². The maximum atomic E-state index is 5.71. The molecule has 0 saturated heterocycles. The average Bonchev–Trinajstić information content (AvgIpc) is 2.69. The zero-order valence-corrected chi connectivity index (χ0v) is 6.33. The zero-order valence-electron chi connectivity index (χ0n) is 6.33. The molecule has 0 spiro atoms. The number of hydrogen-bond acceptors (Lipinski definition) is 2. The van der Waals surface area contributed by atoms with E-state index in [9.17, 15) is 0 Å². The molecule has 11 heavy (non-hydrogen) atoms. The van der Waals surface area contributed by atoms with E-state index in [1.165, 1.54) is 5.56 Å². The van der Waals surface area contributed by atoms with Crippen molar-refractivity contribution in [3.63, 3.8) is 0 Å². The summed E-state index contributed by atoms with van der Waals surface area (Å²) < 4.78 is 0. The molecule has 2 rings (SSSR count). The Balaban J connectivity index is 2.21. The molecule has 2 heteroatoms. The smallest absolute Gasteiger partial charge is 0.0314 e. The van der Waals surface area contributed by atoms with E-state index in [-0.39, 0.29) is 0 Å². The summed E-state index contributed by atoms with van der Waals surface area (Å²) in [7, 11) is 0. The molecule has 1 aromatic rings. The van der Waals surface area contributed by atoms with Crippen molar-refractivity contribution in [2.45, 2.75) is 18.4 Å². The van der Waals surface area contributed by atoms with Gasteiger partial charge in [0, 0.05) is 17.6 Å². The number of benzene rings is 1. The van der Waals surface area contributed by atoms with E-state index in [1.54, 1.807) is 0 Å². The third-order valence-corrected chi connectivity index (χ3v) is 2.20. The van der Waals surface area contributed by atoms with Crippen LogP contribution in [-0.2, 0) is 0 Å². The van der Waals surface area contributed by atoms with Gasteiger partial charge in [-0.2, -0.15) is 0 Å². The first-order valence-electron chi connectivity index (χ1n) is 3.88. The molecular weight excluding hydrogens is 136 g/mol. The summed E-state index contributed by atoms with van der Waals surface area (Å²) in [4.78, 5) is 0. The van der Waals surface area contributed by atoms with Crippen LogP contribution in [0.5, 0.6) is 0 Å². The van der Waals surface area contributed by atoms with Crippen molar-refractivity contribution in [2.24, 2.45) is 5.73 Å². The van der Waals surface area contributed by atoms with E-state index in [2.05, 4.69) is 12.1 Å². The van der Waals surface area contributed by atoms with Crippen LogP contribution in [0.4, 0.5) is 5.69 Å². The van der Waals surface area contributed by atoms with Gasteiger partial charge in [0.1, 0.15) is 0 Å². The van der Waals surface area contributed by atoms with Gasteiger partial charge in [0.2, 0.25) is 0 Å². The molecule has 0 aromatic heterocycles. The molecule has 2 atom stereocenters. The van der Waals surface area contributed by atoms with Crippen molar-refractivity contribution in [2.75, 3.05) is 5.73 Å². The summed E-state index contributed by atoms with van der Waals surface area (Å²) >= 11 is 0. The quantitative estimate of drug-likeness (QED) is 0.585. The highest BCUT2D eigenvalue weighted by atomic mass is 14.7. The second-order valence-electron chi connectivity index (χ2n) is 3.17. The molecule has 0 heterocycles.